The molecule has 140 valence electrons. The number of hydrogen-bond donors (Lipinski definition) is 0. The molecule has 0 N–H and O–H groups in total. The van der Waals surface area contributed by atoms with E-state index < -0.39 is 0 Å². The second kappa shape index (κ2) is 7.81. The quantitative estimate of drug-likeness (QED) is 0.386. The first-order chi connectivity index (χ1) is 13.5. The lowest BCUT2D eigenvalue weighted by Gasteiger charge is -2.20. The number of benzene rings is 2. The molecule has 0 radical (unpaired) electrons. The molecule has 0 unspecified atom stereocenters. The van der Waals surface area contributed by atoms with Crippen molar-refractivity contribution in [1.82, 2.24) is 9.97 Å². The number of rotatable bonds is 4. The van der Waals surface area contributed by atoms with E-state index in [0.717, 1.165) is 25.8 Å². The number of aryl methyl sites for hydroxylation is 2. The van der Waals surface area contributed by atoms with Gasteiger partial charge in [0.25, 0.3) is 5.91 Å². The molecule has 28 heavy (non-hydrogen) atoms. The summed E-state index contributed by atoms with van der Waals surface area (Å²) in [5.41, 5.74) is 4.86. The summed E-state index contributed by atoms with van der Waals surface area (Å²) in [6, 6.07) is 15.5. The first-order valence-electron chi connectivity index (χ1n) is 8.86. The standard InChI is InChI=1S/C22H18BrN3OS/c1-14-9-10-19-20(15(14)2)25-22(28-19)26(13-16-6-5-11-24-12-16)21(27)17-7-3-4-8-18(17)23/h3-12H,13H2,1-2H3. The molecule has 2 aromatic heterocycles. The molecule has 4 aromatic rings. The Hall–Kier alpha value is -2.57. The van der Waals surface area contributed by atoms with Crippen molar-refractivity contribution in [3.05, 3.63) is 87.7 Å². The molecule has 0 atom stereocenters. The third kappa shape index (κ3) is 3.57. The number of nitrogens with zero attached hydrogens (tertiary/aromatic N) is 3. The van der Waals surface area contributed by atoms with Crippen LogP contribution in [0.3, 0.4) is 0 Å². The minimum atomic E-state index is -0.0928. The van der Waals surface area contributed by atoms with Gasteiger partial charge in [-0.05, 0) is 70.7 Å². The van der Waals surface area contributed by atoms with Crippen LogP contribution in [0.4, 0.5) is 5.13 Å². The highest BCUT2D eigenvalue weighted by Crippen LogP contribution is 2.34. The number of fused-ring (bicyclic) bond motifs is 1. The van der Waals surface area contributed by atoms with Gasteiger partial charge < -0.3 is 0 Å². The maximum absolute atomic E-state index is 13.4. The number of carbonyl (C=O) groups excluding carboxylic acids is 1. The highest BCUT2D eigenvalue weighted by atomic mass is 79.9. The normalized spacial score (nSPS) is 11.0. The van der Waals surface area contributed by atoms with E-state index in [4.69, 9.17) is 4.98 Å². The van der Waals surface area contributed by atoms with Gasteiger partial charge in [-0.1, -0.05) is 35.6 Å². The molecule has 4 nitrogen and oxygen atoms in total. The van der Waals surface area contributed by atoms with E-state index in [2.05, 4.69) is 46.9 Å². The molecule has 0 fully saturated rings. The molecule has 0 saturated carbocycles. The molecular weight excluding hydrogens is 434 g/mol. The zero-order valence-corrected chi connectivity index (χ0v) is 17.9. The van der Waals surface area contributed by atoms with E-state index in [1.807, 2.05) is 36.4 Å². The highest BCUT2D eigenvalue weighted by Gasteiger charge is 2.23. The van der Waals surface area contributed by atoms with Gasteiger partial charge in [0.05, 0.1) is 22.3 Å². The van der Waals surface area contributed by atoms with Gasteiger partial charge in [-0.25, -0.2) is 4.98 Å². The van der Waals surface area contributed by atoms with E-state index in [-0.39, 0.29) is 5.91 Å². The molecule has 0 bridgehead atoms. The zero-order valence-electron chi connectivity index (χ0n) is 15.5. The summed E-state index contributed by atoms with van der Waals surface area (Å²) in [4.78, 5) is 24.2. The number of thiazole rings is 1. The minimum absolute atomic E-state index is 0.0928. The van der Waals surface area contributed by atoms with Crippen molar-refractivity contribution < 1.29 is 4.79 Å². The molecule has 4 rings (SSSR count). The molecule has 0 aliphatic heterocycles. The number of carbonyl (C=O) groups is 1. The molecule has 0 saturated heterocycles. The van der Waals surface area contributed by atoms with Crippen molar-refractivity contribution in [2.75, 3.05) is 4.90 Å². The predicted molar refractivity (Wildman–Crippen MR) is 118 cm³/mol. The number of amides is 1. The maximum atomic E-state index is 13.4. The number of hydrogen-bond acceptors (Lipinski definition) is 4. The Morgan fingerprint density at radius 2 is 1.93 bits per heavy atom. The fourth-order valence-corrected chi connectivity index (χ4v) is 4.49. The van der Waals surface area contributed by atoms with Gasteiger partial charge in [-0.3, -0.25) is 14.7 Å². The number of anilines is 1. The van der Waals surface area contributed by atoms with E-state index >= 15 is 0 Å². The Kier molecular flexibility index (Phi) is 5.24. The Labute approximate surface area is 176 Å². The lowest BCUT2D eigenvalue weighted by Crippen LogP contribution is -2.30. The molecule has 2 heterocycles. The van der Waals surface area contributed by atoms with Crippen LogP contribution in [0.5, 0.6) is 0 Å². The third-order valence-corrected chi connectivity index (χ3v) is 6.45. The molecule has 1 amide bonds. The molecule has 0 spiro atoms. The molecule has 0 aliphatic carbocycles. The van der Waals surface area contributed by atoms with Crippen LogP contribution in [-0.2, 0) is 6.54 Å². The van der Waals surface area contributed by atoms with Crippen molar-refractivity contribution in [1.29, 1.82) is 0 Å². The predicted octanol–water partition coefficient (Wildman–Crippen LogP) is 5.92. The largest absolute Gasteiger partial charge is 0.279 e. The van der Waals surface area contributed by atoms with Crippen LogP contribution < -0.4 is 4.90 Å². The summed E-state index contributed by atoms with van der Waals surface area (Å²) in [7, 11) is 0. The van der Waals surface area contributed by atoms with Crippen molar-refractivity contribution in [2.24, 2.45) is 0 Å². The Morgan fingerprint density at radius 3 is 2.68 bits per heavy atom. The summed E-state index contributed by atoms with van der Waals surface area (Å²) >= 11 is 5.04. The van der Waals surface area contributed by atoms with E-state index in [9.17, 15) is 4.79 Å². The Morgan fingerprint density at radius 1 is 1.11 bits per heavy atom. The van der Waals surface area contributed by atoms with Crippen LogP contribution in [0.2, 0.25) is 0 Å². The van der Waals surface area contributed by atoms with Crippen LogP contribution in [0, 0.1) is 13.8 Å². The van der Waals surface area contributed by atoms with Gasteiger partial charge in [0.2, 0.25) is 0 Å². The second-order valence-electron chi connectivity index (χ2n) is 6.58. The monoisotopic (exact) mass is 451 g/mol. The van der Waals surface area contributed by atoms with E-state index in [1.54, 1.807) is 17.3 Å². The van der Waals surface area contributed by atoms with Gasteiger partial charge in [0, 0.05) is 16.9 Å². The van der Waals surface area contributed by atoms with Gasteiger partial charge in [0.15, 0.2) is 5.13 Å². The lowest BCUT2D eigenvalue weighted by molar-refractivity contribution is 0.0984. The van der Waals surface area contributed by atoms with Crippen molar-refractivity contribution in [2.45, 2.75) is 20.4 Å². The van der Waals surface area contributed by atoms with Crippen molar-refractivity contribution >= 4 is 48.5 Å². The maximum Gasteiger partial charge on any atom is 0.261 e. The summed E-state index contributed by atoms with van der Waals surface area (Å²) in [6.07, 6.45) is 3.51. The van der Waals surface area contributed by atoms with Crippen LogP contribution in [-0.4, -0.2) is 15.9 Å². The minimum Gasteiger partial charge on any atom is -0.279 e. The first-order valence-corrected chi connectivity index (χ1v) is 10.5. The Bertz CT molecular complexity index is 1160. The average molecular weight is 452 g/mol. The third-order valence-electron chi connectivity index (χ3n) is 4.72. The van der Waals surface area contributed by atoms with Gasteiger partial charge in [-0.15, -0.1) is 0 Å². The Balaban J connectivity index is 1.82. The van der Waals surface area contributed by atoms with E-state index in [1.165, 1.54) is 16.9 Å². The number of pyridine rings is 1. The fraction of sp³-hybridized carbons (Fsp3) is 0.136. The molecule has 6 heteroatoms. The van der Waals surface area contributed by atoms with Gasteiger partial charge in [-0.2, -0.15) is 0 Å². The topological polar surface area (TPSA) is 46.1 Å². The molecular formula is C22H18BrN3OS. The van der Waals surface area contributed by atoms with Gasteiger partial charge >= 0.3 is 0 Å². The van der Waals surface area contributed by atoms with Crippen molar-refractivity contribution in [3.63, 3.8) is 0 Å². The fourth-order valence-electron chi connectivity index (χ4n) is 3.01. The highest BCUT2D eigenvalue weighted by molar-refractivity contribution is 9.10. The smallest absolute Gasteiger partial charge is 0.261 e. The first kappa shape index (κ1) is 18.8. The van der Waals surface area contributed by atoms with Gasteiger partial charge in [0.1, 0.15) is 0 Å². The summed E-state index contributed by atoms with van der Waals surface area (Å²) in [5.74, 6) is -0.0928. The summed E-state index contributed by atoms with van der Waals surface area (Å²) < 4.78 is 1.85. The summed E-state index contributed by atoms with van der Waals surface area (Å²) in [6.45, 7) is 4.56. The second-order valence-corrected chi connectivity index (χ2v) is 8.45. The lowest BCUT2D eigenvalue weighted by atomic mass is 10.1. The molecule has 0 aliphatic rings. The van der Waals surface area contributed by atoms with Crippen LogP contribution in [0.1, 0.15) is 27.0 Å². The van der Waals surface area contributed by atoms with Crippen LogP contribution in [0.15, 0.2) is 65.4 Å². The number of halogens is 1. The SMILES string of the molecule is Cc1ccc2sc(N(Cc3cccnc3)C(=O)c3ccccc3Br)nc2c1C. The zero-order chi connectivity index (χ0) is 19.7. The van der Waals surface area contributed by atoms with Crippen LogP contribution in [0.25, 0.3) is 10.2 Å². The van der Waals surface area contributed by atoms with Crippen molar-refractivity contribution in [3.8, 4) is 0 Å². The average Bonchev–Trinajstić information content (AvgIpc) is 3.14. The molecule has 2 aromatic carbocycles. The van der Waals surface area contributed by atoms with Crippen LogP contribution >= 0.6 is 27.3 Å². The summed E-state index contributed by atoms with van der Waals surface area (Å²) in [5, 5.41) is 0.688. The van der Waals surface area contributed by atoms with E-state index in [0.29, 0.717) is 17.2 Å². The number of aromatic nitrogens is 2.